The van der Waals surface area contributed by atoms with Crippen LogP contribution in [0.25, 0.3) is 16.6 Å². The van der Waals surface area contributed by atoms with Crippen LogP contribution in [0.5, 0.6) is 5.75 Å². The monoisotopic (exact) mass is 498 g/mol. The summed E-state index contributed by atoms with van der Waals surface area (Å²) in [5.41, 5.74) is 4.92. The summed E-state index contributed by atoms with van der Waals surface area (Å²) < 4.78 is 7.46. The number of hydrogen-bond donors (Lipinski definition) is 1. The topological polar surface area (TPSA) is 85.2 Å². The highest BCUT2D eigenvalue weighted by atomic mass is 16.5. The number of fused-ring (bicyclic) bond motifs is 1. The molecule has 1 aliphatic heterocycles. The van der Waals surface area contributed by atoms with E-state index in [-0.39, 0.29) is 11.8 Å². The highest BCUT2D eigenvalue weighted by Gasteiger charge is 2.29. The number of amides is 1. The first-order chi connectivity index (χ1) is 18.0. The second kappa shape index (κ2) is 11.0. The van der Waals surface area contributed by atoms with Gasteiger partial charge in [-0.2, -0.15) is 10.2 Å². The molecule has 1 unspecified atom stereocenters. The zero-order chi connectivity index (χ0) is 25.8. The van der Waals surface area contributed by atoms with E-state index in [0.717, 1.165) is 65.4 Å². The number of anilines is 1. The Balaban J connectivity index is 1.28. The Kier molecular flexibility index (Phi) is 7.35. The van der Waals surface area contributed by atoms with Crippen LogP contribution in [0.3, 0.4) is 0 Å². The zero-order valence-electron chi connectivity index (χ0n) is 21.8. The van der Waals surface area contributed by atoms with Crippen molar-refractivity contribution in [3.63, 3.8) is 0 Å². The molecule has 1 fully saturated rings. The lowest BCUT2D eigenvalue weighted by atomic mass is 9.97. The summed E-state index contributed by atoms with van der Waals surface area (Å²) in [6.07, 6.45) is 2.58. The molecular weight excluding hydrogens is 464 g/mol. The minimum absolute atomic E-state index is 0.0930. The number of aryl methyl sites for hydroxylation is 2. The van der Waals surface area contributed by atoms with Crippen molar-refractivity contribution >= 4 is 22.6 Å². The number of nitrogens with one attached hydrogen (secondary N) is 1. The number of nitrogens with zero attached hydrogens (tertiary/aromatic N) is 5. The van der Waals surface area contributed by atoms with E-state index in [1.54, 1.807) is 0 Å². The molecule has 0 saturated carbocycles. The minimum Gasteiger partial charge on any atom is -0.494 e. The molecule has 5 rings (SSSR count). The first kappa shape index (κ1) is 24.7. The molecular formula is C29H34N6O2. The van der Waals surface area contributed by atoms with Crippen molar-refractivity contribution in [2.75, 3.05) is 31.1 Å². The van der Waals surface area contributed by atoms with Gasteiger partial charge in [-0.3, -0.25) is 4.79 Å². The predicted molar refractivity (Wildman–Crippen MR) is 145 cm³/mol. The maximum atomic E-state index is 13.1. The van der Waals surface area contributed by atoms with Crippen LogP contribution in [0.2, 0.25) is 0 Å². The Labute approximate surface area is 217 Å². The van der Waals surface area contributed by atoms with Crippen molar-refractivity contribution in [2.45, 2.75) is 40.0 Å². The smallest absolute Gasteiger partial charge is 0.224 e. The van der Waals surface area contributed by atoms with E-state index in [2.05, 4.69) is 39.5 Å². The highest BCUT2D eigenvalue weighted by Crippen LogP contribution is 2.31. The maximum absolute atomic E-state index is 13.1. The molecule has 2 aromatic carbocycles. The van der Waals surface area contributed by atoms with Gasteiger partial charge in [-0.1, -0.05) is 30.3 Å². The normalized spacial score (nSPS) is 15.6. The average Bonchev–Trinajstić information content (AvgIpc) is 3.28. The molecule has 8 nitrogen and oxygen atoms in total. The van der Waals surface area contributed by atoms with Gasteiger partial charge in [0, 0.05) is 19.6 Å². The van der Waals surface area contributed by atoms with Gasteiger partial charge in [-0.25, -0.2) is 4.68 Å². The summed E-state index contributed by atoms with van der Waals surface area (Å²) in [5.74, 6) is 1.63. The van der Waals surface area contributed by atoms with Gasteiger partial charge < -0.3 is 15.0 Å². The number of aromatic nitrogens is 4. The molecule has 0 bridgehead atoms. The predicted octanol–water partition coefficient (Wildman–Crippen LogP) is 4.41. The zero-order valence-corrected chi connectivity index (χ0v) is 21.8. The highest BCUT2D eigenvalue weighted by molar-refractivity contribution is 5.92. The standard InChI is InChI=1S/C29H34N6O2/c1-4-37-25-14-12-22(13-15-25)16-17-30-29(36)23-9-8-18-34(19-23)28-27-26(20(2)31-32-28)21(3)35(33-27)24-10-6-5-7-11-24/h5-7,10-15,23H,4,8-9,16-19H2,1-3H3,(H,30,36). The van der Waals surface area contributed by atoms with Crippen molar-refractivity contribution < 1.29 is 9.53 Å². The van der Waals surface area contributed by atoms with Gasteiger partial charge >= 0.3 is 0 Å². The third-order valence-electron chi connectivity index (χ3n) is 7.02. The van der Waals surface area contributed by atoms with Gasteiger partial charge in [-0.15, -0.1) is 5.10 Å². The summed E-state index contributed by atoms with van der Waals surface area (Å²) >= 11 is 0. The maximum Gasteiger partial charge on any atom is 0.224 e. The molecule has 0 radical (unpaired) electrons. The molecule has 1 amide bonds. The van der Waals surface area contributed by atoms with E-state index in [1.165, 1.54) is 5.56 Å². The lowest BCUT2D eigenvalue weighted by Crippen LogP contribution is -2.44. The molecule has 0 spiro atoms. The second-order valence-corrected chi connectivity index (χ2v) is 9.57. The van der Waals surface area contributed by atoms with Crippen molar-refractivity contribution in [1.29, 1.82) is 0 Å². The van der Waals surface area contributed by atoms with Crippen LogP contribution in [0, 0.1) is 19.8 Å². The molecule has 3 heterocycles. The fourth-order valence-electron chi connectivity index (χ4n) is 5.12. The quantitative estimate of drug-likeness (QED) is 0.387. The summed E-state index contributed by atoms with van der Waals surface area (Å²) in [6, 6.07) is 18.2. The molecule has 8 heteroatoms. The molecule has 0 aliphatic carbocycles. The summed E-state index contributed by atoms with van der Waals surface area (Å²) in [7, 11) is 0. The summed E-state index contributed by atoms with van der Waals surface area (Å²) in [4.78, 5) is 15.2. The Morgan fingerprint density at radius 3 is 2.62 bits per heavy atom. The van der Waals surface area contributed by atoms with E-state index >= 15 is 0 Å². The largest absolute Gasteiger partial charge is 0.494 e. The number of rotatable bonds is 8. The fourth-order valence-corrected chi connectivity index (χ4v) is 5.12. The molecule has 4 aromatic rings. The average molecular weight is 499 g/mol. The van der Waals surface area contributed by atoms with Crippen molar-refractivity contribution in [2.24, 2.45) is 5.92 Å². The molecule has 37 heavy (non-hydrogen) atoms. The van der Waals surface area contributed by atoms with Gasteiger partial charge in [0.25, 0.3) is 0 Å². The van der Waals surface area contributed by atoms with E-state index in [4.69, 9.17) is 9.84 Å². The number of piperidine rings is 1. The fraction of sp³-hybridized carbons (Fsp3) is 0.379. The summed E-state index contributed by atoms with van der Waals surface area (Å²) in [5, 5.41) is 18.1. The lowest BCUT2D eigenvalue weighted by Gasteiger charge is -2.32. The van der Waals surface area contributed by atoms with Gasteiger partial charge in [0.2, 0.25) is 5.91 Å². The van der Waals surface area contributed by atoms with E-state index < -0.39 is 0 Å². The van der Waals surface area contributed by atoms with Crippen LogP contribution < -0.4 is 15.0 Å². The van der Waals surface area contributed by atoms with E-state index in [1.807, 2.05) is 61.0 Å². The number of hydrogen-bond acceptors (Lipinski definition) is 6. The van der Waals surface area contributed by atoms with Gasteiger partial charge in [0.1, 0.15) is 11.3 Å². The number of carbonyl (C=O) groups is 1. The van der Waals surface area contributed by atoms with Crippen LogP contribution in [0.4, 0.5) is 5.82 Å². The van der Waals surface area contributed by atoms with Gasteiger partial charge in [0.05, 0.1) is 35.0 Å². The van der Waals surface area contributed by atoms with Crippen LogP contribution >= 0.6 is 0 Å². The molecule has 1 N–H and O–H groups in total. The van der Waals surface area contributed by atoms with Crippen LogP contribution in [-0.2, 0) is 11.2 Å². The summed E-state index contributed by atoms with van der Waals surface area (Å²) in [6.45, 7) is 8.72. The number of benzene rings is 2. The SMILES string of the molecule is CCOc1ccc(CCNC(=O)C2CCCN(c3nnc(C)c4c(C)n(-c5ccccc5)nc34)C2)cc1. The Hall–Kier alpha value is -3.94. The lowest BCUT2D eigenvalue weighted by molar-refractivity contribution is -0.125. The second-order valence-electron chi connectivity index (χ2n) is 9.57. The van der Waals surface area contributed by atoms with Gasteiger partial charge in [0.15, 0.2) is 5.82 Å². The molecule has 2 aromatic heterocycles. The number of carbonyl (C=O) groups excluding carboxylic acids is 1. The first-order valence-electron chi connectivity index (χ1n) is 13.1. The van der Waals surface area contributed by atoms with Crippen molar-refractivity contribution in [3.05, 3.63) is 71.5 Å². The van der Waals surface area contributed by atoms with Crippen LogP contribution in [0.15, 0.2) is 54.6 Å². The van der Waals surface area contributed by atoms with E-state index in [9.17, 15) is 4.79 Å². The Bertz CT molecular complexity index is 1370. The Morgan fingerprint density at radius 2 is 1.86 bits per heavy atom. The van der Waals surface area contributed by atoms with E-state index in [0.29, 0.717) is 19.7 Å². The van der Waals surface area contributed by atoms with Crippen molar-refractivity contribution in [1.82, 2.24) is 25.3 Å². The third-order valence-corrected chi connectivity index (χ3v) is 7.02. The number of ether oxygens (including phenoxy) is 1. The van der Waals surface area contributed by atoms with Crippen LogP contribution in [-0.4, -0.2) is 52.1 Å². The first-order valence-corrected chi connectivity index (χ1v) is 13.1. The van der Waals surface area contributed by atoms with Crippen LogP contribution in [0.1, 0.15) is 36.7 Å². The van der Waals surface area contributed by atoms with Crippen molar-refractivity contribution in [3.8, 4) is 11.4 Å². The molecule has 1 atom stereocenters. The third kappa shape index (κ3) is 5.28. The Morgan fingerprint density at radius 1 is 1.08 bits per heavy atom. The molecule has 1 saturated heterocycles. The van der Waals surface area contributed by atoms with Gasteiger partial charge in [-0.05, 0) is 69.9 Å². The molecule has 1 aliphatic rings. The number of para-hydroxylation sites is 1. The molecule has 192 valence electrons. The minimum atomic E-state index is -0.0930.